The van der Waals surface area contributed by atoms with Crippen LogP contribution in [0.2, 0.25) is 5.02 Å². The molecule has 1 aliphatic rings. The highest BCUT2D eigenvalue weighted by Crippen LogP contribution is 2.30. The van der Waals surface area contributed by atoms with Crippen LogP contribution in [0.1, 0.15) is 24.0 Å². The molecule has 8 nitrogen and oxygen atoms in total. The number of nitrogens with zero attached hydrogens (tertiary/aromatic N) is 6. The zero-order chi connectivity index (χ0) is 24.4. The highest BCUT2D eigenvalue weighted by atomic mass is 35.5. The molecule has 2 N–H and O–H groups in total. The number of halogens is 2. The van der Waals surface area contributed by atoms with Gasteiger partial charge in [-0.3, -0.25) is 9.47 Å². The normalized spacial score (nSPS) is 16.2. The van der Waals surface area contributed by atoms with E-state index in [9.17, 15) is 4.39 Å². The number of hydrogen-bond donors (Lipinski definition) is 2. The lowest BCUT2D eigenvalue weighted by Gasteiger charge is -2.33. The molecule has 0 saturated carbocycles. The number of nitrogens with one attached hydrogen (secondary N) is 2. The van der Waals surface area contributed by atoms with E-state index >= 15 is 0 Å². The smallest absolute Gasteiger partial charge is 0.225 e. The number of aromatic nitrogens is 4. The number of nitriles is 1. The zero-order valence-corrected chi connectivity index (χ0v) is 19.9. The van der Waals surface area contributed by atoms with Crippen molar-refractivity contribution in [3.8, 4) is 6.07 Å². The van der Waals surface area contributed by atoms with Crippen LogP contribution in [-0.4, -0.2) is 43.6 Å². The molecule has 1 fully saturated rings. The second kappa shape index (κ2) is 9.86. The molecule has 5 rings (SSSR count). The summed E-state index contributed by atoms with van der Waals surface area (Å²) in [5, 5.41) is 15.5. The number of fused-ring (bicyclic) bond motifs is 1. The van der Waals surface area contributed by atoms with Gasteiger partial charge in [0.1, 0.15) is 11.3 Å². The maximum absolute atomic E-state index is 14.5. The largest absolute Gasteiger partial charge is 0.350 e. The third-order valence-corrected chi connectivity index (χ3v) is 6.41. The summed E-state index contributed by atoms with van der Waals surface area (Å²) in [5.41, 5.74) is 2.68. The molecule has 4 aromatic rings. The molecule has 1 atom stereocenters. The van der Waals surface area contributed by atoms with Crippen molar-refractivity contribution < 1.29 is 4.39 Å². The Hall–Kier alpha value is -3.74. The van der Waals surface area contributed by atoms with Gasteiger partial charge in [-0.15, -0.1) is 0 Å². The number of aryl methyl sites for hydroxylation is 1. The number of likely N-dealkylation sites (tertiary alicyclic amines) is 1. The van der Waals surface area contributed by atoms with Crippen molar-refractivity contribution in [2.75, 3.05) is 23.7 Å². The number of benzene rings is 2. The molecule has 0 bridgehead atoms. The molecule has 35 heavy (non-hydrogen) atoms. The Morgan fingerprint density at radius 1 is 1.23 bits per heavy atom. The van der Waals surface area contributed by atoms with Gasteiger partial charge in [0.2, 0.25) is 11.9 Å². The molecule has 0 amide bonds. The van der Waals surface area contributed by atoms with Gasteiger partial charge in [-0.2, -0.15) is 10.2 Å². The Bertz CT molecular complexity index is 1380. The van der Waals surface area contributed by atoms with Crippen LogP contribution in [0.15, 0.2) is 48.7 Å². The van der Waals surface area contributed by atoms with Gasteiger partial charge < -0.3 is 10.6 Å². The molecule has 178 valence electrons. The molecule has 1 aliphatic heterocycles. The molecule has 3 heterocycles. The lowest BCUT2D eigenvalue weighted by molar-refractivity contribution is 0.208. The van der Waals surface area contributed by atoms with Crippen molar-refractivity contribution in [1.82, 2.24) is 24.4 Å². The predicted molar refractivity (Wildman–Crippen MR) is 134 cm³/mol. The minimum Gasteiger partial charge on any atom is -0.350 e. The average molecular weight is 491 g/mol. The standard InChI is InChI=1S/C25H24ClFN8/c1-34-23-21(31-25(34)32-22-19(26)10-17(12-28)11-20(22)27)13-29-24(33-23)30-18-8-5-9-35(15-18)14-16-6-3-2-4-7-16/h2-4,6-7,10-11,13,18H,5,8-9,14-15H2,1H3,(H,31,32)(H,29,30,33)/t18-/m1/s1. The van der Waals surface area contributed by atoms with E-state index in [0.29, 0.717) is 23.1 Å². The molecule has 0 aliphatic carbocycles. The monoisotopic (exact) mass is 490 g/mol. The molecule has 1 saturated heterocycles. The first kappa shape index (κ1) is 23.0. The van der Waals surface area contributed by atoms with Crippen molar-refractivity contribution in [2.24, 2.45) is 7.05 Å². The van der Waals surface area contributed by atoms with E-state index < -0.39 is 5.82 Å². The molecule has 0 unspecified atom stereocenters. The van der Waals surface area contributed by atoms with Gasteiger partial charge in [0.05, 0.1) is 28.5 Å². The van der Waals surface area contributed by atoms with E-state index in [0.717, 1.165) is 38.5 Å². The summed E-state index contributed by atoms with van der Waals surface area (Å²) >= 11 is 6.18. The first-order chi connectivity index (χ1) is 17.0. The number of anilines is 3. The minimum absolute atomic E-state index is 0.0519. The van der Waals surface area contributed by atoms with E-state index in [1.54, 1.807) is 17.8 Å². The van der Waals surface area contributed by atoms with Crippen LogP contribution in [0.3, 0.4) is 0 Å². The Balaban J connectivity index is 1.31. The lowest BCUT2D eigenvalue weighted by Crippen LogP contribution is -2.41. The highest BCUT2D eigenvalue weighted by Gasteiger charge is 2.21. The minimum atomic E-state index is -0.632. The fourth-order valence-electron chi connectivity index (χ4n) is 4.37. The number of piperidine rings is 1. The molecule has 0 radical (unpaired) electrons. The fraction of sp³-hybridized carbons (Fsp3) is 0.280. The van der Waals surface area contributed by atoms with E-state index in [4.69, 9.17) is 16.9 Å². The maximum Gasteiger partial charge on any atom is 0.225 e. The van der Waals surface area contributed by atoms with Crippen LogP contribution in [0.4, 0.5) is 22.0 Å². The van der Waals surface area contributed by atoms with Crippen LogP contribution in [0.5, 0.6) is 0 Å². The molecule has 10 heteroatoms. The van der Waals surface area contributed by atoms with Crippen molar-refractivity contribution >= 4 is 40.3 Å². The third-order valence-electron chi connectivity index (χ3n) is 6.11. The Morgan fingerprint density at radius 3 is 2.83 bits per heavy atom. The second-order valence-corrected chi connectivity index (χ2v) is 9.06. The van der Waals surface area contributed by atoms with E-state index in [1.165, 1.54) is 11.6 Å². The van der Waals surface area contributed by atoms with Crippen molar-refractivity contribution in [3.63, 3.8) is 0 Å². The Labute approximate surface area is 207 Å². The van der Waals surface area contributed by atoms with Crippen molar-refractivity contribution in [2.45, 2.75) is 25.4 Å². The molecular formula is C25H24ClFN8. The Kier molecular flexibility index (Phi) is 6.49. The van der Waals surface area contributed by atoms with Crippen LogP contribution < -0.4 is 10.6 Å². The number of rotatable bonds is 6. The number of imidazole rings is 1. The second-order valence-electron chi connectivity index (χ2n) is 8.65. The van der Waals surface area contributed by atoms with Gasteiger partial charge in [-0.1, -0.05) is 41.9 Å². The molecule has 2 aromatic carbocycles. The van der Waals surface area contributed by atoms with Gasteiger partial charge in [0.15, 0.2) is 5.65 Å². The Morgan fingerprint density at radius 2 is 2.06 bits per heavy atom. The predicted octanol–water partition coefficient (Wildman–Crippen LogP) is 4.85. The van der Waals surface area contributed by atoms with Gasteiger partial charge in [-0.25, -0.2) is 14.4 Å². The molecule has 2 aromatic heterocycles. The topological polar surface area (TPSA) is 94.7 Å². The summed E-state index contributed by atoms with van der Waals surface area (Å²) in [6.07, 6.45) is 3.79. The first-order valence-corrected chi connectivity index (χ1v) is 11.8. The van der Waals surface area contributed by atoms with E-state index in [-0.39, 0.29) is 22.3 Å². The van der Waals surface area contributed by atoms with Crippen molar-refractivity contribution in [3.05, 3.63) is 70.6 Å². The van der Waals surface area contributed by atoms with E-state index in [1.807, 2.05) is 12.1 Å². The van der Waals surface area contributed by atoms with Crippen molar-refractivity contribution in [1.29, 1.82) is 5.26 Å². The average Bonchev–Trinajstić information content (AvgIpc) is 3.17. The van der Waals surface area contributed by atoms with Gasteiger partial charge in [0.25, 0.3) is 0 Å². The molecular weight excluding hydrogens is 467 g/mol. The van der Waals surface area contributed by atoms with E-state index in [2.05, 4.69) is 54.8 Å². The summed E-state index contributed by atoms with van der Waals surface area (Å²) in [7, 11) is 1.78. The van der Waals surface area contributed by atoms with Crippen LogP contribution in [0.25, 0.3) is 11.2 Å². The molecule has 0 spiro atoms. The maximum atomic E-state index is 14.5. The first-order valence-electron chi connectivity index (χ1n) is 11.4. The summed E-state index contributed by atoms with van der Waals surface area (Å²) in [6.45, 7) is 2.90. The van der Waals surface area contributed by atoms with Crippen LogP contribution in [0, 0.1) is 17.1 Å². The summed E-state index contributed by atoms with van der Waals surface area (Å²) < 4.78 is 16.2. The number of hydrogen-bond acceptors (Lipinski definition) is 7. The summed E-state index contributed by atoms with van der Waals surface area (Å²) in [5.74, 6) is 0.261. The highest BCUT2D eigenvalue weighted by molar-refractivity contribution is 6.33. The SMILES string of the molecule is Cn1c(Nc2c(F)cc(C#N)cc2Cl)nc2cnc(N[C@@H]3CCCN(Cc4ccccc4)C3)nc21. The summed E-state index contributed by atoms with van der Waals surface area (Å²) in [6, 6.07) is 15.1. The zero-order valence-electron chi connectivity index (χ0n) is 19.2. The fourth-order valence-corrected chi connectivity index (χ4v) is 4.63. The third kappa shape index (κ3) is 5.04. The van der Waals surface area contributed by atoms with Gasteiger partial charge in [-0.05, 0) is 37.1 Å². The summed E-state index contributed by atoms with van der Waals surface area (Å²) in [4.78, 5) is 16.0. The van der Waals surface area contributed by atoms with Gasteiger partial charge >= 0.3 is 0 Å². The van der Waals surface area contributed by atoms with Crippen LogP contribution in [-0.2, 0) is 13.6 Å². The quantitative estimate of drug-likeness (QED) is 0.399. The lowest BCUT2D eigenvalue weighted by atomic mass is 10.0. The van der Waals surface area contributed by atoms with Crippen LogP contribution >= 0.6 is 11.6 Å². The van der Waals surface area contributed by atoms with Gasteiger partial charge in [0, 0.05) is 26.2 Å².